The summed E-state index contributed by atoms with van der Waals surface area (Å²) in [6, 6.07) is 9.12. The molecule has 18 heavy (non-hydrogen) atoms. The number of anilines is 1. The van der Waals surface area contributed by atoms with Gasteiger partial charge in [-0.3, -0.25) is 4.79 Å². The number of halogens is 1. The van der Waals surface area contributed by atoms with Crippen molar-refractivity contribution in [2.24, 2.45) is 5.73 Å². The molecule has 1 aromatic heterocycles. The molecule has 0 fully saturated rings. The third-order valence-electron chi connectivity index (χ3n) is 2.34. The fourth-order valence-corrected chi connectivity index (χ4v) is 2.58. The number of carbonyl (C=O) groups is 1. The van der Waals surface area contributed by atoms with Gasteiger partial charge in [0.2, 0.25) is 5.91 Å². The summed E-state index contributed by atoms with van der Waals surface area (Å²) in [7, 11) is 0. The summed E-state index contributed by atoms with van der Waals surface area (Å²) in [4.78, 5) is 15.9. The van der Waals surface area contributed by atoms with Crippen molar-refractivity contribution in [3.8, 4) is 0 Å². The molecule has 1 amide bonds. The number of thiazole rings is 1. The van der Waals surface area contributed by atoms with E-state index in [1.165, 1.54) is 11.3 Å². The number of nitrogens with zero attached hydrogens (tertiary/aromatic N) is 1. The predicted molar refractivity (Wildman–Crippen MR) is 76.6 cm³/mol. The van der Waals surface area contributed by atoms with Crippen molar-refractivity contribution in [3.05, 3.63) is 45.9 Å². The molecule has 94 valence electrons. The van der Waals surface area contributed by atoms with Crippen LogP contribution in [0.15, 0.2) is 40.3 Å². The number of amides is 1. The number of aromatic nitrogens is 1. The quantitative estimate of drug-likeness (QED) is 0.907. The SMILES string of the molecule is NC(Cc1ccccc1)C(=O)Nc1ncc(Br)s1. The van der Waals surface area contributed by atoms with Crippen LogP contribution in [0.25, 0.3) is 0 Å². The van der Waals surface area contributed by atoms with E-state index in [4.69, 9.17) is 5.73 Å². The fraction of sp³-hybridized carbons (Fsp3) is 0.167. The summed E-state index contributed by atoms with van der Waals surface area (Å²) < 4.78 is 0.870. The van der Waals surface area contributed by atoms with Crippen LogP contribution in [-0.2, 0) is 11.2 Å². The second-order valence-electron chi connectivity index (χ2n) is 3.75. The Kier molecular flexibility index (Phi) is 4.46. The monoisotopic (exact) mass is 325 g/mol. The lowest BCUT2D eigenvalue weighted by Crippen LogP contribution is -2.37. The van der Waals surface area contributed by atoms with Gasteiger partial charge in [0.05, 0.1) is 16.0 Å². The van der Waals surface area contributed by atoms with E-state index < -0.39 is 6.04 Å². The molecule has 0 bridgehead atoms. The minimum Gasteiger partial charge on any atom is -0.320 e. The van der Waals surface area contributed by atoms with Gasteiger partial charge >= 0.3 is 0 Å². The Labute approximate surface area is 117 Å². The minimum atomic E-state index is -0.574. The molecule has 0 aliphatic heterocycles. The molecular formula is C12H12BrN3OS. The van der Waals surface area contributed by atoms with Crippen molar-refractivity contribution in [3.63, 3.8) is 0 Å². The van der Waals surface area contributed by atoms with Crippen molar-refractivity contribution >= 4 is 38.3 Å². The molecule has 1 aromatic carbocycles. The second-order valence-corrected chi connectivity index (χ2v) is 6.16. The molecule has 1 heterocycles. The number of nitrogens with two attached hydrogens (primary N) is 1. The topological polar surface area (TPSA) is 68.0 Å². The minimum absolute atomic E-state index is 0.222. The first-order valence-electron chi connectivity index (χ1n) is 5.37. The van der Waals surface area contributed by atoms with E-state index >= 15 is 0 Å². The zero-order chi connectivity index (χ0) is 13.0. The van der Waals surface area contributed by atoms with Crippen LogP contribution in [-0.4, -0.2) is 16.9 Å². The zero-order valence-electron chi connectivity index (χ0n) is 9.47. The van der Waals surface area contributed by atoms with E-state index in [2.05, 4.69) is 26.2 Å². The Morgan fingerprint density at radius 3 is 2.78 bits per heavy atom. The van der Waals surface area contributed by atoms with Gasteiger partial charge in [-0.2, -0.15) is 0 Å². The van der Waals surface area contributed by atoms with E-state index in [1.807, 2.05) is 30.3 Å². The summed E-state index contributed by atoms with van der Waals surface area (Å²) in [6.07, 6.45) is 2.15. The highest BCUT2D eigenvalue weighted by Crippen LogP contribution is 2.23. The Hall–Kier alpha value is -1.24. The Balaban J connectivity index is 1.93. The molecule has 4 nitrogen and oxygen atoms in total. The maximum atomic E-state index is 11.8. The average Bonchev–Trinajstić information content (AvgIpc) is 2.76. The molecule has 0 saturated carbocycles. The van der Waals surface area contributed by atoms with Gasteiger partial charge < -0.3 is 11.1 Å². The summed E-state index contributed by atoms with van der Waals surface area (Å²) >= 11 is 4.64. The number of benzene rings is 1. The van der Waals surface area contributed by atoms with Crippen molar-refractivity contribution in [1.82, 2.24) is 4.98 Å². The number of rotatable bonds is 4. The summed E-state index contributed by atoms with van der Waals surface area (Å²) in [5, 5.41) is 3.25. The maximum absolute atomic E-state index is 11.8. The highest BCUT2D eigenvalue weighted by Gasteiger charge is 2.15. The van der Waals surface area contributed by atoms with Crippen molar-refractivity contribution < 1.29 is 4.79 Å². The lowest BCUT2D eigenvalue weighted by Gasteiger charge is -2.10. The van der Waals surface area contributed by atoms with E-state index in [9.17, 15) is 4.79 Å². The van der Waals surface area contributed by atoms with Gasteiger partial charge in [0.1, 0.15) is 0 Å². The third kappa shape index (κ3) is 3.63. The first kappa shape index (κ1) is 13.2. The van der Waals surface area contributed by atoms with Crippen LogP contribution in [0.3, 0.4) is 0 Å². The van der Waals surface area contributed by atoms with Crippen LogP contribution >= 0.6 is 27.3 Å². The van der Waals surface area contributed by atoms with Crippen molar-refractivity contribution in [2.75, 3.05) is 5.32 Å². The highest BCUT2D eigenvalue weighted by atomic mass is 79.9. The van der Waals surface area contributed by atoms with Crippen LogP contribution in [0.4, 0.5) is 5.13 Å². The number of hydrogen-bond donors (Lipinski definition) is 2. The summed E-state index contributed by atoms with van der Waals surface area (Å²) in [6.45, 7) is 0. The maximum Gasteiger partial charge on any atom is 0.243 e. The second kappa shape index (κ2) is 6.08. The summed E-state index contributed by atoms with van der Waals surface area (Å²) in [5.41, 5.74) is 6.90. The molecular weight excluding hydrogens is 314 g/mol. The Morgan fingerprint density at radius 1 is 1.44 bits per heavy atom. The van der Waals surface area contributed by atoms with Gasteiger partial charge in [-0.1, -0.05) is 41.7 Å². The molecule has 1 unspecified atom stereocenters. The molecule has 2 aromatic rings. The first-order chi connectivity index (χ1) is 8.65. The van der Waals surface area contributed by atoms with Crippen molar-refractivity contribution in [1.29, 1.82) is 0 Å². The lowest BCUT2D eigenvalue weighted by atomic mass is 10.1. The van der Waals surface area contributed by atoms with E-state index in [1.54, 1.807) is 6.20 Å². The molecule has 2 rings (SSSR count). The van der Waals surface area contributed by atoms with E-state index in [0.717, 1.165) is 9.35 Å². The van der Waals surface area contributed by atoms with Crippen LogP contribution < -0.4 is 11.1 Å². The van der Waals surface area contributed by atoms with Crippen LogP contribution in [0, 0.1) is 0 Å². The fourth-order valence-electron chi connectivity index (χ4n) is 1.47. The Bertz CT molecular complexity index is 529. The number of nitrogens with one attached hydrogen (secondary N) is 1. The van der Waals surface area contributed by atoms with Crippen molar-refractivity contribution in [2.45, 2.75) is 12.5 Å². The summed E-state index contributed by atoms with van der Waals surface area (Å²) in [5.74, 6) is -0.222. The molecule has 0 radical (unpaired) electrons. The van der Waals surface area contributed by atoms with Crippen LogP contribution in [0.1, 0.15) is 5.56 Å². The largest absolute Gasteiger partial charge is 0.320 e. The third-order valence-corrected chi connectivity index (χ3v) is 3.73. The zero-order valence-corrected chi connectivity index (χ0v) is 11.9. The van der Waals surface area contributed by atoms with Gasteiger partial charge in [0, 0.05) is 0 Å². The normalized spacial score (nSPS) is 12.1. The standard InChI is InChI=1S/C12H12BrN3OS/c13-10-7-15-12(18-10)16-11(17)9(14)6-8-4-2-1-3-5-8/h1-5,7,9H,6,14H2,(H,15,16,17). The van der Waals surface area contributed by atoms with E-state index in [0.29, 0.717) is 11.6 Å². The number of hydrogen-bond acceptors (Lipinski definition) is 4. The lowest BCUT2D eigenvalue weighted by molar-refractivity contribution is -0.117. The van der Waals surface area contributed by atoms with Gasteiger partial charge in [-0.25, -0.2) is 4.98 Å². The predicted octanol–water partition coefficient (Wildman–Crippen LogP) is 2.41. The van der Waals surface area contributed by atoms with Crippen LogP contribution in [0.5, 0.6) is 0 Å². The van der Waals surface area contributed by atoms with Gasteiger partial charge in [0.15, 0.2) is 5.13 Å². The molecule has 0 aliphatic carbocycles. The van der Waals surface area contributed by atoms with Crippen LogP contribution in [0.2, 0.25) is 0 Å². The molecule has 0 spiro atoms. The highest BCUT2D eigenvalue weighted by molar-refractivity contribution is 9.11. The molecule has 1 atom stereocenters. The molecule has 0 aliphatic rings. The number of carbonyl (C=O) groups excluding carboxylic acids is 1. The average molecular weight is 326 g/mol. The molecule has 0 saturated heterocycles. The smallest absolute Gasteiger partial charge is 0.243 e. The molecule has 3 N–H and O–H groups in total. The van der Waals surface area contributed by atoms with Gasteiger partial charge in [0.25, 0.3) is 0 Å². The molecule has 6 heteroatoms. The Morgan fingerprint density at radius 2 is 2.17 bits per heavy atom. The van der Waals surface area contributed by atoms with E-state index in [-0.39, 0.29) is 5.91 Å². The first-order valence-corrected chi connectivity index (χ1v) is 6.98. The van der Waals surface area contributed by atoms with Gasteiger partial charge in [-0.05, 0) is 27.9 Å². The van der Waals surface area contributed by atoms with Gasteiger partial charge in [-0.15, -0.1) is 0 Å².